The van der Waals surface area contributed by atoms with Crippen molar-refractivity contribution in [1.29, 1.82) is 0 Å². The molecule has 1 saturated heterocycles. The summed E-state index contributed by atoms with van der Waals surface area (Å²) >= 11 is 20.3. The Kier molecular flexibility index (Phi) is 9.81. The number of halogens is 3. The van der Waals surface area contributed by atoms with Crippen LogP contribution in [0.15, 0.2) is 72.1 Å². The number of nitrogens with one attached hydrogen (secondary N) is 3. The van der Waals surface area contributed by atoms with Crippen molar-refractivity contribution in [2.45, 2.75) is 30.8 Å². The van der Waals surface area contributed by atoms with Gasteiger partial charge in [-0.15, -0.1) is 11.3 Å². The molecule has 3 aromatic heterocycles. The molecular formula is C31H26Cl3N7O3S2. The van der Waals surface area contributed by atoms with Crippen molar-refractivity contribution >= 4 is 62.1 Å². The minimum Gasteiger partial charge on any atom is -0.335 e. The Balaban J connectivity index is 1.47. The van der Waals surface area contributed by atoms with Gasteiger partial charge in [0.25, 0.3) is 15.9 Å². The molecule has 0 bridgehead atoms. The van der Waals surface area contributed by atoms with Gasteiger partial charge in [0.15, 0.2) is 10.7 Å². The highest BCUT2D eigenvalue weighted by Crippen LogP contribution is 2.37. The molecule has 0 atom stereocenters. The van der Waals surface area contributed by atoms with Gasteiger partial charge in [-0.25, -0.2) is 27.8 Å². The number of sulfonamides is 1. The predicted octanol–water partition coefficient (Wildman–Crippen LogP) is 6.29. The zero-order valence-corrected chi connectivity index (χ0v) is 28.0. The van der Waals surface area contributed by atoms with Crippen LogP contribution < -0.4 is 10.1 Å². The number of amides is 1. The number of imidazole rings is 1. The first-order chi connectivity index (χ1) is 22.2. The Hall–Kier alpha value is -3.67. The third kappa shape index (κ3) is 7.32. The second-order valence-electron chi connectivity index (χ2n) is 10.3. The number of carbonyl (C=O) groups excluding carboxylic acids is 1. The molecule has 0 radical (unpaired) electrons. The molecule has 0 spiro atoms. The SMILES string of the molecule is O=C(NN1CCCCC1)c1nn(-c2ccc(Cl)cc2Cl)c(-c2ccc(C#Cc3ccc(Cl)cc3)s2)c1CNS(=O)(=O)c1cnc[nH]1. The third-order valence-corrected chi connectivity index (χ3v) is 10.3. The average molecular weight is 715 g/mol. The molecule has 10 nitrogen and oxygen atoms in total. The molecule has 0 aliphatic carbocycles. The van der Waals surface area contributed by atoms with E-state index in [2.05, 4.69) is 32.0 Å². The van der Waals surface area contributed by atoms with Crippen LogP contribution in [0, 0.1) is 11.8 Å². The second-order valence-corrected chi connectivity index (χ2v) is 14.4. The molecule has 2 aromatic carbocycles. The number of rotatable bonds is 8. The van der Waals surface area contributed by atoms with E-state index in [1.54, 1.807) is 35.0 Å². The van der Waals surface area contributed by atoms with E-state index in [0.29, 0.717) is 50.0 Å². The van der Waals surface area contributed by atoms with Gasteiger partial charge in [-0.2, -0.15) is 5.10 Å². The zero-order valence-electron chi connectivity index (χ0n) is 24.1. The van der Waals surface area contributed by atoms with E-state index >= 15 is 0 Å². The molecule has 1 fully saturated rings. The molecule has 46 heavy (non-hydrogen) atoms. The van der Waals surface area contributed by atoms with Crippen LogP contribution in [0.5, 0.6) is 0 Å². The maximum absolute atomic E-state index is 13.8. The summed E-state index contributed by atoms with van der Waals surface area (Å²) in [5.74, 6) is 5.83. The number of benzene rings is 2. The van der Waals surface area contributed by atoms with E-state index in [0.717, 1.165) is 29.7 Å². The first kappa shape index (κ1) is 32.3. The summed E-state index contributed by atoms with van der Waals surface area (Å²) in [5, 5.41) is 7.82. The lowest BCUT2D eigenvalue weighted by atomic mass is 10.1. The molecule has 1 aliphatic rings. The molecule has 236 valence electrons. The molecule has 3 N–H and O–H groups in total. The van der Waals surface area contributed by atoms with Crippen molar-refractivity contribution in [2.24, 2.45) is 0 Å². The topological polar surface area (TPSA) is 125 Å². The molecule has 0 unspecified atom stereocenters. The zero-order chi connectivity index (χ0) is 32.3. The first-order valence-corrected chi connectivity index (χ1v) is 17.6. The summed E-state index contributed by atoms with van der Waals surface area (Å²) in [6, 6.07) is 15.9. The standard InChI is InChI=1S/C31H26Cl3N7O3S2/c32-21-7-4-20(5-8-21)6-10-23-11-13-27(45-23)30-24(17-37-46(43,44)28-18-35-19-36-28)29(31(42)39-40-14-2-1-3-15-40)38-41(30)26-12-9-22(33)16-25(26)34/h4-5,7-9,11-13,16,18-19,37H,1-3,14-15,17H2,(H,35,36)(H,39,42). The molecule has 0 saturated carbocycles. The van der Waals surface area contributed by atoms with Crippen molar-refractivity contribution in [1.82, 2.24) is 34.9 Å². The van der Waals surface area contributed by atoms with Gasteiger partial charge in [0.2, 0.25) is 0 Å². The lowest BCUT2D eigenvalue weighted by molar-refractivity contribution is 0.0743. The summed E-state index contributed by atoms with van der Waals surface area (Å²) in [6.07, 6.45) is 5.46. The van der Waals surface area contributed by atoms with Gasteiger partial charge in [-0.05, 0) is 67.4 Å². The Morgan fingerprint density at radius 2 is 1.74 bits per heavy atom. The van der Waals surface area contributed by atoms with Crippen molar-refractivity contribution < 1.29 is 13.2 Å². The average Bonchev–Trinajstić information content (AvgIpc) is 3.81. The van der Waals surface area contributed by atoms with Crippen molar-refractivity contribution in [3.05, 3.63) is 104 Å². The molecule has 15 heteroatoms. The number of nitrogens with zero attached hydrogens (tertiary/aromatic N) is 4. The monoisotopic (exact) mass is 713 g/mol. The molecule has 4 heterocycles. The summed E-state index contributed by atoms with van der Waals surface area (Å²) in [4.78, 5) is 21.7. The largest absolute Gasteiger partial charge is 0.335 e. The van der Waals surface area contributed by atoms with Gasteiger partial charge < -0.3 is 4.98 Å². The van der Waals surface area contributed by atoms with Crippen molar-refractivity contribution in [2.75, 3.05) is 13.1 Å². The second kappa shape index (κ2) is 14.0. The number of piperidine rings is 1. The van der Waals surface area contributed by atoms with Crippen molar-refractivity contribution in [3.8, 4) is 28.1 Å². The Bertz CT molecular complexity index is 2040. The summed E-state index contributed by atoms with van der Waals surface area (Å²) in [5.41, 5.74) is 5.08. The minimum absolute atomic E-state index is 0.0427. The summed E-state index contributed by atoms with van der Waals surface area (Å²) in [6.45, 7) is 1.14. The van der Waals surface area contributed by atoms with Gasteiger partial charge in [-0.1, -0.05) is 53.1 Å². The highest BCUT2D eigenvalue weighted by atomic mass is 35.5. The van der Waals surface area contributed by atoms with Gasteiger partial charge in [0, 0.05) is 40.8 Å². The lowest BCUT2D eigenvalue weighted by Crippen LogP contribution is -2.45. The van der Waals surface area contributed by atoms with E-state index in [4.69, 9.17) is 39.9 Å². The van der Waals surface area contributed by atoms with Gasteiger partial charge in [0.05, 0.1) is 38.7 Å². The Labute approximate surface area is 284 Å². The van der Waals surface area contributed by atoms with Gasteiger partial charge in [0.1, 0.15) is 0 Å². The van der Waals surface area contributed by atoms with Crippen LogP contribution in [0.1, 0.15) is 45.8 Å². The molecule has 5 aromatic rings. The number of hydrazine groups is 1. The highest BCUT2D eigenvalue weighted by Gasteiger charge is 2.29. The normalized spacial score (nSPS) is 13.7. The van der Waals surface area contributed by atoms with E-state index < -0.39 is 15.9 Å². The van der Waals surface area contributed by atoms with E-state index in [9.17, 15) is 13.2 Å². The van der Waals surface area contributed by atoms with Gasteiger partial charge in [-0.3, -0.25) is 10.2 Å². The van der Waals surface area contributed by atoms with Crippen LogP contribution in [0.3, 0.4) is 0 Å². The Morgan fingerprint density at radius 3 is 2.46 bits per heavy atom. The van der Waals surface area contributed by atoms with Crippen LogP contribution in [0.25, 0.3) is 16.3 Å². The lowest BCUT2D eigenvalue weighted by Gasteiger charge is -2.26. The fraction of sp³-hybridized carbons (Fsp3) is 0.194. The Morgan fingerprint density at radius 1 is 0.978 bits per heavy atom. The predicted molar refractivity (Wildman–Crippen MR) is 180 cm³/mol. The van der Waals surface area contributed by atoms with Crippen LogP contribution in [-0.2, 0) is 16.6 Å². The highest BCUT2D eigenvalue weighted by molar-refractivity contribution is 7.89. The number of hydrogen-bond acceptors (Lipinski definition) is 7. The molecular weight excluding hydrogens is 689 g/mol. The molecule has 6 rings (SSSR count). The van der Waals surface area contributed by atoms with E-state index in [1.807, 2.05) is 29.3 Å². The first-order valence-electron chi connectivity index (χ1n) is 14.2. The third-order valence-electron chi connectivity index (χ3n) is 7.17. The number of thiophene rings is 1. The number of hydrogen-bond donors (Lipinski definition) is 3. The fourth-order valence-corrected chi connectivity index (χ4v) is 7.35. The number of carbonyl (C=O) groups is 1. The van der Waals surface area contributed by atoms with Crippen LogP contribution in [-0.4, -0.2) is 52.2 Å². The number of aromatic amines is 1. The minimum atomic E-state index is -4.01. The van der Waals surface area contributed by atoms with Crippen LogP contribution >= 0.6 is 46.1 Å². The fourth-order valence-electron chi connectivity index (χ4n) is 4.92. The van der Waals surface area contributed by atoms with E-state index in [1.165, 1.54) is 23.9 Å². The maximum Gasteiger partial charge on any atom is 0.286 e. The smallest absolute Gasteiger partial charge is 0.286 e. The van der Waals surface area contributed by atoms with E-state index in [-0.39, 0.29) is 17.3 Å². The molecule has 1 amide bonds. The van der Waals surface area contributed by atoms with Crippen molar-refractivity contribution in [3.63, 3.8) is 0 Å². The maximum atomic E-state index is 13.8. The quantitative estimate of drug-likeness (QED) is 0.162. The summed E-state index contributed by atoms with van der Waals surface area (Å²) < 4.78 is 30.4. The van der Waals surface area contributed by atoms with Crippen LogP contribution in [0.4, 0.5) is 0 Å². The number of aromatic nitrogens is 4. The summed E-state index contributed by atoms with van der Waals surface area (Å²) in [7, 11) is -4.01. The van der Waals surface area contributed by atoms with Crippen LogP contribution in [0.2, 0.25) is 15.1 Å². The molecule has 1 aliphatic heterocycles. The van der Waals surface area contributed by atoms with Gasteiger partial charge >= 0.3 is 0 Å². The number of H-pyrrole nitrogens is 1.